The molecule has 2 N–H and O–H groups in total. The van der Waals surface area contributed by atoms with E-state index in [9.17, 15) is 10.1 Å². The zero-order valence-electron chi connectivity index (χ0n) is 14.6. The van der Waals surface area contributed by atoms with Gasteiger partial charge in [0.2, 0.25) is 6.79 Å². The molecule has 1 heterocycles. The monoisotopic (exact) mass is 349 g/mol. The first kappa shape index (κ1) is 17.4. The van der Waals surface area contributed by atoms with Gasteiger partial charge >= 0.3 is 0 Å². The molecule has 2 aromatic rings. The zero-order valence-corrected chi connectivity index (χ0v) is 14.6. The van der Waals surface area contributed by atoms with E-state index in [-0.39, 0.29) is 18.9 Å². The third-order valence-electron chi connectivity index (χ3n) is 3.86. The van der Waals surface area contributed by atoms with Crippen molar-refractivity contribution in [3.63, 3.8) is 0 Å². The molecule has 26 heavy (non-hydrogen) atoms. The van der Waals surface area contributed by atoms with E-state index in [0.29, 0.717) is 11.5 Å². The zero-order chi connectivity index (χ0) is 18.5. The molecule has 0 aromatic heterocycles. The second-order valence-corrected chi connectivity index (χ2v) is 6.06. The minimum Gasteiger partial charge on any atom is -0.454 e. The summed E-state index contributed by atoms with van der Waals surface area (Å²) < 4.78 is 10.6. The van der Waals surface area contributed by atoms with Gasteiger partial charge in [-0.3, -0.25) is 4.79 Å². The number of nitrogens with zero attached hydrogens (tertiary/aromatic N) is 1. The van der Waals surface area contributed by atoms with Gasteiger partial charge in [0.25, 0.3) is 5.91 Å². The highest BCUT2D eigenvalue weighted by atomic mass is 16.7. The molecule has 1 aliphatic rings. The first-order chi connectivity index (χ1) is 12.5. The van der Waals surface area contributed by atoms with Crippen LogP contribution in [0.2, 0.25) is 0 Å². The number of carbonyl (C=O) groups is 1. The average molecular weight is 349 g/mol. The van der Waals surface area contributed by atoms with Gasteiger partial charge in [-0.05, 0) is 54.8 Å². The van der Waals surface area contributed by atoms with Crippen molar-refractivity contribution in [3.8, 4) is 17.6 Å². The number of amides is 1. The Morgan fingerprint density at radius 1 is 1.15 bits per heavy atom. The largest absolute Gasteiger partial charge is 0.454 e. The first-order valence-corrected chi connectivity index (χ1v) is 8.17. The van der Waals surface area contributed by atoms with E-state index in [1.165, 1.54) is 6.20 Å². The molecule has 6 heteroatoms. The second-order valence-electron chi connectivity index (χ2n) is 6.06. The quantitative estimate of drug-likeness (QED) is 0.640. The van der Waals surface area contributed by atoms with Crippen LogP contribution < -0.4 is 20.1 Å². The van der Waals surface area contributed by atoms with Crippen molar-refractivity contribution >= 4 is 11.6 Å². The van der Waals surface area contributed by atoms with Crippen molar-refractivity contribution in [2.24, 2.45) is 0 Å². The van der Waals surface area contributed by atoms with Crippen LogP contribution in [0.25, 0.3) is 0 Å². The van der Waals surface area contributed by atoms with E-state index in [4.69, 9.17) is 9.47 Å². The summed E-state index contributed by atoms with van der Waals surface area (Å²) in [4.78, 5) is 12.2. The Morgan fingerprint density at radius 3 is 2.62 bits per heavy atom. The third kappa shape index (κ3) is 4.14. The first-order valence-electron chi connectivity index (χ1n) is 8.17. The van der Waals surface area contributed by atoms with E-state index >= 15 is 0 Å². The SMILES string of the molecule is Cc1cc(C)cc(N/C=C(/C#N)C(=O)NCc2ccc3c(c2)OCO3)c1. The Morgan fingerprint density at radius 2 is 1.88 bits per heavy atom. The molecular formula is C20H19N3O3. The molecule has 132 valence electrons. The predicted octanol–water partition coefficient (Wildman–Crippen LogP) is 3.17. The van der Waals surface area contributed by atoms with E-state index in [0.717, 1.165) is 22.4 Å². The van der Waals surface area contributed by atoms with Crippen LogP contribution in [0.5, 0.6) is 11.5 Å². The molecular weight excluding hydrogens is 330 g/mol. The van der Waals surface area contributed by atoms with Crippen LogP contribution >= 0.6 is 0 Å². The second kappa shape index (κ2) is 7.62. The molecule has 0 aliphatic carbocycles. The summed E-state index contributed by atoms with van der Waals surface area (Å²) in [6.07, 6.45) is 1.42. The number of nitriles is 1. The van der Waals surface area contributed by atoms with Crippen molar-refractivity contribution in [2.75, 3.05) is 12.1 Å². The number of nitrogens with one attached hydrogen (secondary N) is 2. The molecule has 1 aliphatic heterocycles. The Bertz CT molecular complexity index is 893. The maximum atomic E-state index is 12.2. The lowest BCUT2D eigenvalue weighted by Gasteiger charge is -2.07. The van der Waals surface area contributed by atoms with E-state index in [2.05, 4.69) is 16.7 Å². The highest BCUT2D eigenvalue weighted by Gasteiger charge is 2.14. The summed E-state index contributed by atoms with van der Waals surface area (Å²) in [5.41, 5.74) is 3.91. The number of hydrogen-bond donors (Lipinski definition) is 2. The standard InChI is InChI=1S/C20H19N3O3/c1-13-5-14(2)7-17(6-13)22-11-16(9-21)20(24)23-10-15-3-4-18-19(8-15)26-12-25-18/h3-8,11,22H,10,12H2,1-2H3,(H,23,24)/b16-11-. The average Bonchev–Trinajstić information content (AvgIpc) is 3.07. The molecule has 6 nitrogen and oxygen atoms in total. The van der Waals surface area contributed by atoms with Gasteiger partial charge < -0.3 is 20.1 Å². The van der Waals surface area contributed by atoms with Crippen LogP contribution in [0.1, 0.15) is 16.7 Å². The van der Waals surface area contributed by atoms with Crippen molar-refractivity contribution in [1.82, 2.24) is 5.32 Å². The molecule has 0 saturated heterocycles. The summed E-state index contributed by atoms with van der Waals surface area (Å²) in [6, 6.07) is 13.3. The smallest absolute Gasteiger partial charge is 0.263 e. The lowest BCUT2D eigenvalue weighted by Crippen LogP contribution is -2.24. The van der Waals surface area contributed by atoms with E-state index < -0.39 is 5.91 Å². The number of ether oxygens (including phenoxy) is 2. The third-order valence-corrected chi connectivity index (χ3v) is 3.86. The number of anilines is 1. The highest BCUT2D eigenvalue weighted by Crippen LogP contribution is 2.32. The van der Waals surface area contributed by atoms with Crippen molar-refractivity contribution in [2.45, 2.75) is 20.4 Å². The molecule has 0 fully saturated rings. The van der Waals surface area contributed by atoms with Gasteiger partial charge in [-0.2, -0.15) is 5.26 Å². The Kier molecular flexibility index (Phi) is 5.09. The van der Waals surface area contributed by atoms with Crippen LogP contribution in [0.15, 0.2) is 48.2 Å². The predicted molar refractivity (Wildman–Crippen MR) is 97.6 cm³/mol. The minimum atomic E-state index is -0.443. The molecule has 1 amide bonds. The fourth-order valence-corrected chi connectivity index (χ4v) is 2.69. The van der Waals surface area contributed by atoms with Gasteiger partial charge in [0.15, 0.2) is 11.5 Å². The van der Waals surface area contributed by atoms with Crippen LogP contribution in [0.3, 0.4) is 0 Å². The molecule has 0 saturated carbocycles. The topological polar surface area (TPSA) is 83.4 Å². The lowest BCUT2D eigenvalue weighted by atomic mass is 10.1. The molecule has 0 unspecified atom stereocenters. The minimum absolute atomic E-state index is 0.00454. The number of rotatable bonds is 5. The number of benzene rings is 2. The molecule has 0 bridgehead atoms. The number of carbonyl (C=O) groups excluding carboxylic acids is 1. The molecule has 3 rings (SSSR count). The van der Waals surface area contributed by atoms with Gasteiger partial charge in [0, 0.05) is 18.4 Å². The molecule has 0 spiro atoms. The fraction of sp³-hybridized carbons (Fsp3) is 0.200. The van der Waals surface area contributed by atoms with E-state index in [1.807, 2.05) is 44.2 Å². The van der Waals surface area contributed by atoms with Crippen LogP contribution in [-0.2, 0) is 11.3 Å². The number of hydrogen-bond acceptors (Lipinski definition) is 5. The Balaban J connectivity index is 1.62. The van der Waals surface area contributed by atoms with Crippen molar-refractivity contribution in [3.05, 3.63) is 64.9 Å². The van der Waals surface area contributed by atoms with Gasteiger partial charge in [-0.25, -0.2) is 0 Å². The number of fused-ring (bicyclic) bond motifs is 1. The van der Waals surface area contributed by atoms with Gasteiger partial charge in [-0.15, -0.1) is 0 Å². The summed E-state index contributed by atoms with van der Waals surface area (Å²) >= 11 is 0. The summed E-state index contributed by atoms with van der Waals surface area (Å²) in [5.74, 6) is 0.904. The van der Waals surface area contributed by atoms with Crippen LogP contribution in [0, 0.1) is 25.2 Å². The van der Waals surface area contributed by atoms with Crippen molar-refractivity contribution in [1.29, 1.82) is 5.26 Å². The maximum Gasteiger partial charge on any atom is 0.263 e. The normalized spacial score (nSPS) is 12.4. The van der Waals surface area contributed by atoms with Gasteiger partial charge in [-0.1, -0.05) is 12.1 Å². The lowest BCUT2D eigenvalue weighted by molar-refractivity contribution is -0.117. The maximum absolute atomic E-state index is 12.2. The number of aryl methyl sites for hydroxylation is 2. The highest BCUT2D eigenvalue weighted by molar-refractivity contribution is 5.97. The van der Waals surface area contributed by atoms with Crippen LogP contribution in [-0.4, -0.2) is 12.7 Å². The Hall–Kier alpha value is -3.46. The van der Waals surface area contributed by atoms with Gasteiger partial charge in [0.1, 0.15) is 11.6 Å². The fourth-order valence-electron chi connectivity index (χ4n) is 2.69. The van der Waals surface area contributed by atoms with Gasteiger partial charge in [0.05, 0.1) is 0 Å². The summed E-state index contributed by atoms with van der Waals surface area (Å²) in [5, 5.41) is 15.0. The van der Waals surface area contributed by atoms with Crippen LogP contribution in [0.4, 0.5) is 5.69 Å². The van der Waals surface area contributed by atoms with Crippen molar-refractivity contribution < 1.29 is 14.3 Å². The summed E-state index contributed by atoms with van der Waals surface area (Å²) in [6.45, 7) is 4.48. The molecule has 0 radical (unpaired) electrons. The summed E-state index contributed by atoms with van der Waals surface area (Å²) in [7, 11) is 0. The van der Waals surface area contributed by atoms with E-state index in [1.54, 1.807) is 6.07 Å². The Labute approximate surface area is 152 Å². The molecule has 0 atom stereocenters. The molecule has 2 aromatic carbocycles.